The first kappa shape index (κ1) is 13.3. The van der Waals surface area contributed by atoms with Crippen LogP contribution < -0.4 is 16.0 Å². The van der Waals surface area contributed by atoms with E-state index in [1.54, 1.807) is 11.9 Å². The summed E-state index contributed by atoms with van der Waals surface area (Å²) in [6.07, 6.45) is 0.735. The van der Waals surface area contributed by atoms with Gasteiger partial charge in [0.15, 0.2) is 0 Å². The van der Waals surface area contributed by atoms with Crippen LogP contribution >= 0.6 is 0 Å². The average molecular weight is 254 g/mol. The highest BCUT2D eigenvalue weighted by atomic mass is 16.2. The summed E-state index contributed by atoms with van der Waals surface area (Å²) in [5.41, 5.74) is -0.438. The Kier molecular flexibility index (Phi) is 3.87. The van der Waals surface area contributed by atoms with Gasteiger partial charge in [-0.3, -0.25) is 9.59 Å². The van der Waals surface area contributed by atoms with Gasteiger partial charge in [0.05, 0.1) is 11.5 Å². The third-order valence-corrected chi connectivity index (χ3v) is 3.90. The highest BCUT2D eigenvalue weighted by Crippen LogP contribution is 2.30. The number of piperazine rings is 1. The molecular weight excluding hydrogens is 232 g/mol. The van der Waals surface area contributed by atoms with Crippen LogP contribution in [0.1, 0.15) is 13.3 Å². The molecule has 2 atom stereocenters. The van der Waals surface area contributed by atoms with Crippen molar-refractivity contribution in [3.63, 3.8) is 0 Å². The molecule has 0 saturated carbocycles. The molecule has 102 valence electrons. The topological polar surface area (TPSA) is 73.5 Å². The summed E-state index contributed by atoms with van der Waals surface area (Å²) >= 11 is 0. The summed E-state index contributed by atoms with van der Waals surface area (Å²) in [5.74, 6) is 0.127. The van der Waals surface area contributed by atoms with Crippen LogP contribution in [-0.4, -0.2) is 62.5 Å². The molecular formula is C12H22N4O2. The summed E-state index contributed by atoms with van der Waals surface area (Å²) in [6, 6.07) is -0.147. The number of hydrogen-bond acceptors (Lipinski definition) is 4. The SMILES string of the molecule is CNC(=O)C1(C)CCN(C(=O)C2CNCCN2)C1. The van der Waals surface area contributed by atoms with Gasteiger partial charge in [-0.15, -0.1) is 0 Å². The fraction of sp³-hybridized carbons (Fsp3) is 0.833. The van der Waals surface area contributed by atoms with E-state index in [0.717, 1.165) is 19.5 Å². The second kappa shape index (κ2) is 5.24. The maximum Gasteiger partial charge on any atom is 0.241 e. The number of amides is 2. The van der Waals surface area contributed by atoms with Gasteiger partial charge in [-0.05, 0) is 13.3 Å². The Labute approximate surface area is 107 Å². The van der Waals surface area contributed by atoms with Crippen LogP contribution in [0.25, 0.3) is 0 Å². The zero-order chi connectivity index (χ0) is 13.2. The van der Waals surface area contributed by atoms with E-state index in [9.17, 15) is 9.59 Å². The number of nitrogens with zero attached hydrogens (tertiary/aromatic N) is 1. The Morgan fingerprint density at radius 1 is 1.39 bits per heavy atom. The minimum Gasteiger partial charge on any atom is -0.359 e. The molecule has 18 heavy (non-hydrogen) atoms. The molecule has 0 aromatic carbocycles. The van der Waals surface area contributed by atoms with E-state index in [2.05, 4.69) is 16.0 Å². The largest absolute Gasteiger partial charge is 0.359 e. The van der Waals surface area contributed by atoms with Gasteiger partial charge in [0.25, 0.3) is 0 Å². The highest BCUT2D eigenvalue weighted by molar-refractivity contribution is 5.86. The zero-order valence-corrected chi connectivity index (χ0v) is 11.1. The molecule has 2 unspecified atom stereocenters. The Hall–Kier alpha value is -1.14. The average Bonchev–Trinajstić information content (AvgIpc) is 2.82. The monoisotopic (exact) mass is 254 g/mol. The number of nitrogens with one attached hydrogen (secondary N) is 3. The zero-order valence-electron chi connectivity index (χ0n) is 11.1. The molecule has 0 spiro atoms. The first-order valence-corrected chi connectivity index (χ1v) is 6.52. The summed E-state index contributed by atoms with van der Waals surface area (Å²) in [4.78, 5) is 25.9. The third-order valence-electron chi connectivity index (χ3n) is 3.90. The molecule has 2 amide bonds. The van der Waals surface area contributed by atoms with Gasteiger partial charge >= 0.3 is 0 Å². The van der Waals surface area contributed by atoms with Crippen molar-refractivity contribution in [3.8, 4) is 0 Å². The van der Waals surface area contributed by atoms with Crippen molar-refractivity contribution < 1.29 is 9.59 Å². The first-order chi connectivity index (χ1) is 8.57. The van der Waals surface area contributed by atoms with E-state index in [1.807, 2.05) is 6.92 Å². The Morgan fingerprint density at radius 2 is 2.17 bits per heavy atom. The number of likely N-dealkylation sites (tertiary alicyclic amines) is 1. The van der Waals surface area contributed by atoms with Crippen molar-refractivity contribution >= 4 is 11.8 Å². The van der Waals surface area contributed by atoms with Gasteiger partial charge in [-0.25, -0.2) is 0 Å². The van der Waals surface area contributed by atoms with Crippen molar-refractivity contribution in [3.05, 3.63) is 0 Å². The maximum absolute atomic E-state index is 12.3. The molecule has 6 heteroatoms. The number of carbonyl (C=O) groups excluding carboxylic acids is 2. The number of rotatable bonds is 2. The quantitative estimate of drug-likeness (QED) is 0.563. The summed E-state index contributed by atoms with van der Waals surface area (Å²) in [6.45, 7) is 5.50. The van der Waals surface area contributed by atoms with Crippen molar-refractivity contribution in [1.29, 1.82) is 0 Å². The molecule has 6 nitrogen and oxygen atoms in total. The first-order valence-electron chi connectivity index (χ1n) is 6.52. The van der Waals surface area contributed by atoms with Gasteiger partial charge in [-0.2, -0.15) is 0 Å². The Balaban J connectivity index is 1.95. The molecule has 3 N–H and O–H groups in total. The van der Waals surface area contributed by atoms with E-state index in [-0.39, 0.29) is 17.9 Å². The number of carbonyl (C=O) groups is 2. The van der Waals surface area contributed by atoms with Crippen molar-refractivity contribution in [1.82, 2.24) is 20.9 Å². The molecule has 2 heterocycles. The molecule has 0 bridgehead atoms. The van der Waals surface area contributed by atoms with Crippen LogP contribution in [0, 0.1) is 5.41 Å². The minimum absolute atomic E-state index is 0.0209. The molecule has 2 saturated heterocycles. The lowest BCUT2D eigenvalue weighted by Gasteiger charge is -2.29. The van der Waals surface area contributed by atoms with Crippen LogP contribution in [0.2, 0.25) is 0 Å². The van der Waals surface area contributed by atoms with Crippen LogP contribution in [0.3, 0.4) is 0 Å². The minimum atomic E-state index is -0.438. The van der Waals surface area contributed by atoms with Crippen molar-refractivity contribution in [2.75, 3.05) is 39.8 Å². The van der Waals surface area contributed by atoms with Crippen LogP contribution in [0.5, 0.6) is 0 Å². The molecule has 2 aliphatic rings. The van der Waals surface area contributed by atoms with Gasteiger partial charge in [0.1, 0.15) is 0 Å². The number of hydrogen-bond donors (Lipinski definition) is 3. The second-order valence-corrected chi connectivity index (χ2v) is 5.36. The van der Waals surface area contributed by atoms with Crippen LogP contribution in [0.4, 0.5) is 0 Å². The Morgan fingerprint density at radius 3 is 2.78 bits per heavy atom. The van der Waals surface area contributed by atoms with Gasteiger partial charge in [0, 0.05) is 39.8 Å². The van der Waals surface area contributed by atoms with E-state index >= 15 is 0 Å². The third kappa shape index (κ3) is 2.49. The van der Waals surface area contributed by atoms with Crippen LogP contribution in [-0.2, 0) is 9.59 Å². The standard InChI is InChI=1S/C12H22N4O2/c1-12(11(18)13-2)3-6-16(8-12)10(17)9-7-14-4-5-15-9/h9,14-15H,3-8H2,1-2H3,(H,13,18). The van der Waals surface area contributed by atoms with E-state index in [1.165, 1.54) is 0 Å². The summed E-state index contributed by atoms with van der Waals surface area (Å²) in [7, 11) is 1.64. The molecule has 0 aromatic heterocycles. The lowest BCUT2D eigenvalue weighted by atomic mass is 9.89. The molecule has 2 rings (SSSR count). The van der Waals surface area contributed by atoms with Crippen LogP contribution in [0.15, 0.2) is 0 Å². The lowest BCUT2D eigenvalue weighted by Crippen LogP contribution is -2.56. The second-order valence-electron chi connectivity index (χ2n) is 5.36. The maximum atomic E-state index is 12.3. The normalized spacial score (nSPS) is 32.3. The summed E-state index contributed by atoms with van der Waals surface area (Å²) in [5, 5.41) is 9.10. The molecule has 0 radical (unpaired) electrons. The predicted molar refractivity (Wildman–Crippen MR) is 68.0 cm³/mol. The molecule has 2 aliphatic heterocycles. The highest BCUT2D eigenvalue weighted by Gasteiger charge is 2.42. The van der Waals surface area contributed by atoms with Crippen molar-refractivity contribution in [2.24, 2.45) is 5.41 Å². The smallest absolute Gasteiger partial charge is 0.241 e. The van der Waals surface area contributed by atoms with Gasteiger partial charge in [0.2, 0.25) is 11.8 Å². The Bertz CT molecular complexity index is 341. The fourth-order valence-electron chi connectivity index (χ4n) is 2.68. The van der Waals surface area contributed by atoms with Gasteiger partial charge in [-0.1, -0.05) is 0 Å². The van der Waals surface area contributed by atoms with Crippen molar-refractivity contribution in [2.45, 2.75) is 19.4 Å². The van der Waals surface area contributed by atoms with Gasteiger partial charge < -0.3 is 20.9 Å². The van der Waals surface area contributed by atoms with E-state index in [0.29, 0.717) is 19.6 Å². The van der Waals surface area contributed by atoms with E-state index in [4.69, 9.17) is 0 Å². The predicted octanol–water partition coefficient (Wildman–Crippen LogP) is -1.47. The fourth-order valence-corrected chi connectivity index (χ4v) is 2.68. The molecule has 0 aromatic rings. The molecule has 2 fully saturated rings. The summed E-state index contributed by atoms with van der Waals surface area (Å²) < 4.78 is 0. The molecule has 0 aliphatic carbocycles. The lowest BCUT2D eigenvalue weighted by molar-refractivity contribution is -0.134. The van der Waals surface area contributed by atoms with E-state index < -0.39 is 5.41 Å².